The van der Waals surface area contributed by atoms with Gasteiger partial charge in [-0.15, -0.1) is 0 Å². The molecule has 0 unspecified atom stereocenters. The Morgan fingerprint density at radius 2 is 0.660 bits per heavy atom. The number of urea groups is 1. The second-order valence-electron chi connectivity index (χ2n) is 10.9. The molecule has 280 valence electrons. The van der Waals surface area contributed by atoms with Gasteiger partial charge in [-0.1, -0.05) is 0 Å². The van der Waals surface area contributed by atoms with Crippen LogP contribution in [0.25, 0.3) is 0 Å². The summed E-state index contributed by atoms with van der Waals surface area (Å²) >= 11 is 0. The molecule has 21 nitrogen and oxygen atoms in total. The molecule has 2 aliphatic rings. The van der Waals surface area contributed by atoms with E-state index in [-0.39, 0.29) is 0 Å². The first-order valence-electron chi connectivity index (χ1n) is 15.0. The van der Waals surface area contributed by atoms with Crippen LogP contribution in [0.1, 0.15) is 55.4 Å². The minimum absolute atomic E-state index is 0.586. The molecule has 0 aromatic carbocycles. The van der Waals surface area contributed by atoms with Crippen LogP contribution in [-0.4, -0.2) is 128 Å². The maximum Gasteiger partial charge on any atom is 0.319 e. The lowest BCUT2D eigenvalue weighted by Crippen LogP contribution is -2.69. The van der Waals surface area contributed by atoms with E-state index in [0.29, 0.717) is 0 Å². The van der Waals surface area contributed by atoms with E-state index in [1.54, 1.807) is 0 Å². The Morgan fingerprint density at radius 1 is 0.400 bits per heavy atom. The van der Waals surface area contributed by atoms with Crippen LogP contribution in [-0.2, 0) is 85.7 Å². The summed E-state index contributed by atoms with van der Waals surface area (Å²) in [5.74, 6) is -7.02. The van der Waals surface area contributed by atoms with Crippen molar-refractivity contribution in [3.63, 3.8) is 0 Å². The summed E-state index contributed by atoms with van der Waals surface area (Å²) in [6.45, 7) is 7.03. The largest absolute Gasteiger partial charge is 0.463 e. The van der Waals surface area contributed by atoms with Crippen LogP contribution in [0.15, 0.2) is 0 Å². The first-order chi connectivity index (χ1) is 23.3. The fourth-order valence-corrected chi connectivity index (χ4v) is 4.99. The van der Waals surface area contributed by atoms with Gasteiger partial charge in [-0.3, -0.25) is 38.4 Å². The lowest BCUT2D eigenvalue weighted by molar-refractivity contribution is -0.258. The molecular formula is C29H40N2O19. The van der Waals surface area contributed by atoms with E-state index in [4.69, 9.17) is 47.4 Å². The van der Waals surface area contributed by atoms with Gasteiger partial charge in [0.05, 0.1) is 0 Å². The van der Waals surface area contributed by atoms with Gasteiger partial charge in [-0.2, -0.15) is 0 Å². The number of esters is 8. The van der Waals surface area contributed by atoms with E-state index < -0.39 is 128 Å². The number of ether oxygens (including phenoxy) is 10. The Morgan fingerprint density at radius 3 is 0.920 bits per heavy atom. The van der Waals surface area contributed by atoms with Crippen molar-refractivity contribution in [1.82, 2.24) is 10.6 Å². The van der Waals surface area contributed by atoms with Crippen molar-refractivity contribution in [2.45, 2.75) is 117 Å². The molecule has 0 spiro atoms. The van der Waals surface area contributed by atoms with Crippen molar-refractivity contribution in [3.05, 3.63) is 0 Å². The molecule has 0 bridgehead atoms. The van der Waals surface area contributed by atoms with Crippen LogP contribution in [0.5, 0.6) is 0 Å². The van der Waals surface area contributed by atoms with Gasteiger partial charge in [-0.05, 0) is 0 Å². The second-order valence-corrected chi connectivity index (χ2v) is 10.9. The van der Waals surface area contributed by atoms with Crippen LogP contribution in [0.2, 0.25) is 0 Å². The number of amides is 2. The zero-order chi connectivity index (χ0) is 37.9. The lowest BCUT2D eigenvalue weighted by Gasteiger charge is -2.45. The summed E-state index contributed by atoms with van der Waals surface area (Å²) in [7, 11) is 0. The normalized spacial score (nSPS) is 28.7. The number of hydrogen-bond donors (Lipinski definition) is 2. The van der Waals surface area contributed by atoms with Crippen LogP contribution in [0, 0.1) is 0 Å². The average molecular weight is 721 g/mol. The van der Waals surface area contributed by atoms with Gasteiger partial charge < -0.3 is 58.0 Å². The van der Waals surface area contributed by atoms with E-state index in [0.717, 1.165) is 55.4 Å². The third-order valence-electron chi connectivity index (χ3n) is 6.53. The maximum atomic E-state index is 13.5. The molecule has 50 heavy (non-hydrogen) atoms. The Labute approximate surface area is 285 Å². The van der Waals surface area contributed by atoms with Gasteiger partial charge in [0.25, 0.3) is 0 Å². The molecule has 0 saturated carbocycles. The van der Waals surface area contributed by atoms with E-state index in [2.05, 4.69) is 10.6 Å². The number of hydrogen-bond acceptors (Lipinski definition) is 19. The van der Waals surface area contributed by atoms with Gasteiger partial charge in [-0.25, -0.2) is 4.79 Å². The highest BCUT2D eigenvalue weighted by molar-refractivity contribution is 5.75. The van der Waals surface area contributed by atoms with E-state index in [9.17, 15) is 43.2 Å². The summed E-state index contributed by atoms with van der Waals surface area (Å²) in [4.78, 5) is 109. The first-order valence-corrected chi connectivity index (χ1v) is 15.0. The highest BCUT2D eigenvalue weighted by atomic mass is 16.7. The smallest absolute Gasteiger partial charge is 0.319 e. The maximum absolute atomic E-state index is 13.5. The number of rotatable bonds is 12. The third-order valence-corrected chi connectivity index (χ3v) is 6.53. The number of carbonyl (C=O) groups is 9. The molecule has 2 fully saturated rings. The highest BCUT2D eigenvalue weighted by Gasteiger charge is 2.55. The summed E-state index contributed by atoms with van der Waals surface area (Å²) < 4.78 is 53.6. The molecule has 2 N–H and O–H groups in total. The zero-order valence-corrected chi connectivity index (χ0v) is 28.4. The molecule has 2 saturated heterocycles. The van der Waals surface area contributed by atoms with E-state index >= 15 is 0 Å². The predicted octanol–water partition coefficient (Wildman–Crippen LogP) is -1.55. The fraction of sp³-hybridized carbons (Fsp3) is 0.690. The minimum Gasteiger partial charge on any atom is -0.463 e. The van der Waals surface area contributed by atoms with Crippen molar-refractivity contribution in [2.24, 2.45) is 0 Å². The molecule has 21 heteroatoms. The van der Waals surface area contributed by atoms with Crippen molar-refractivity contribution in [1.29, 1.82) is 0 Å². The summed E-state index contributed by atoms with van der Waals surface area (Å²) in [5, 5.41) is 4.67. The third kappa shape index (κ3) is 12.8. The standard InChI is InChI=1S/C29H40N2O19/c1-11(32)41-9-19-21(43-13(3)34)23(45-15(5)36)25(47-17(7)38)27(49-19)30-29(40)31-28-26(48-18(8)39)24(46-16(6)37)22(44-14(4)35)20(50-28)10-42-12(2)33/h19-28H,9-10H2,1-8H3,(H2,30,31,40)/t19-,20-,21-,22-,23+,24+,25-,26-,27+,28+/m1/s1. The SMILES string of the molecule is CC(=O)OC[C@H]1O[C@H](NC(=O)N[C@H]2O[C@H](COC(C)=O)[C@@H](OC(C)=O)[C@H](OC(C)=O)[C@H]2OC(C)=O)[C@H](OC(C)=O)[C@@H](OC(C)=O)[C@@H]1OC(C)=O. The molecule has 2 rings (SSSR count). The van der Waals surface area contributed by atoms with Crippen LogP contribution >= 0.6 is 0 Å². The van der Waals surface area contributed by atoms with Crippen molar-refractivity contribution >= 4 is 53.8 Å². The Kier molecular flexibility index (Phi) is 15.3. The molecule has 0 aromatic heterocycles. The topological polar surface area (TPSA) is 270 Å². The van der Waals surface area contributed by atoms with Gasteiger partial charge in [0, 0.05) is 55.4 Å². The second kappa shape index (κ2) is 18.6. The van der Waals surface area contributed by atoms with Gasteiger partial charge in [0.15, 0.2) is 49.1 Å². The van der Waals surface area contributed by atoms with E-state index in [1.807, 2.05) is 0 Å². The minimum atomic E-state index is -1.72. The quantitative estimate of drug-likeness (QED) is 0.171. The van der Waals surface area contributed by atoms with E-state index in [1.165, 1.54) is 0 Å². The lowest BCUT2D eigenvalue weighted by atomic mass is 9.96. The average Bonchev–Trinajstić information content (AvgIpc) is 2.95. The Balaban J connectivity index is 2.53. The fourth-order valence-electron chi connectivity index (χ4n) is 4.99. The molecule has 2 aliphatic heterocycles. The van der Waals surface area contributed by atoms with Gasteiger partial charge in [0.2, 0.25) is 0 Å². The Hall–Kier alpha value is -5.05. The molecule has 2 heterocycles. The Bertz CT molecular complexity index is 1220. The number of carbonyl (C=O) groups excluding carboxylic acids is 9. The van der Waals surface area contributed by atoms with Crippen molar-refractivity contribution in [3.8, 4) is 0 Å². The summed E-state index contributed by atoms with van der Waals surface area (Å²) in [5.41, 5.74) is 0. The van der Waals surface area contributed by atoms with Crippen LogP contribution in [0.3, 0.4) is 0 Å². The van der Waals surface area contributed by atoms with Gasteiger partial charge >= 0.3 is 53.8 Å². The molecular weight excluding hydrogens is 680 g/mol. The molecule has 2 amide bonds. The first kappa shape index (κ1) is 41.1. The molecule has 0 aliphatic carbocycles. The summed E-state index contributed by atoms with van der Waals surface area (Å²) in [6.07, 6.45) is -15.9. The highest BCUT2D eigenvalue weighted by Crippen LogP contribution is 2.30. The molecule has 0 aromatic rings. The molecule has 0 radical (unpaired) electrons. The number of nitrogens with one attached hydrogen (secondary N) is 2. The van der Waals surface area contributed by atoms with Crippen molar-refractivity contribution < 1.29 is 90.5 Å². The van der Waals surface area contributed by atoms with Gasteiger partial charge in [0.1, 0.15) is 25.4 Å². The monoisotopic (exact) mass is 720 g/mol. The summed E-state index contributed by atoms with van der Waals surface area (Å²) in [6, 6.07) is -1.20. The van der Waals surface area contributed by atoms with Crippen molar-refractivity contribution in [2.75, 3.05) is 13.2 Å². The molecule has 10 atom stereocenters. The zero-order valence-electron chi connectivity index (χ0n) is 28.4. The van der Waals surface area contributed by atoms with Crippen LogP contribution < -0.4 is 10.6 Å². The predicted molar refractivity (Wildman–Crippen MR) is 156 cm³/mol. The van der Waals surface area contributed by atoms with Crippen LogP contribution in [0.4, 0.5) is 4.79 Å².